The summed E-state index contributed by atoms with van der Waals surface area (Å²) >= 11 is 5.74. The van der Waals surface area contributed by atoms with Crippen LogP contribution in [0.15, 0.2) is 58.3 Å². The van der Waals surface area contributed by atoms with Crippen LogP contribution in [-0.2, 0) is 24.7 Å². The van der Waals surface area contributed by atoms with E-state index in [1.165, 1.54) is 55.6 Å². The molecule has 2 aromatic rings. The minimum Gasteiger partial charge on any atom is -0.272 e. The fourth-order valence-electron chi connectivity index (χ4n) is 2.17. The summed E-state index contributed by atoms with van der Waals surface area (Å²) in [5.41, 5.74) is 4.35. The Labute approximate surface area is 173 Å². The van der Waals surface area contributed by atoms with Gasteiger partial charge in [0.25, 0.3) is 11.8 Å². The second-order valence-electron chi connectivity index (χ2n) is 6.01. The van der Waals surface area contributed by atoms with Crippen LogP contribution in [0.2, 0.25) is 5.02 Å². The molecule has 0 atom stereocenters. The van der Waals surface area contributed by atoms with Gasteiger partial charge in [0, 0.05) is 23.9 Å². The van der Waals surface area contributed by atoms with E-state index in [4.69, 9.17) is 11.6 Å². The molecule has 0 spiro atoms. The zero-order valence-corrected chi connectivity index (χ0v) is 17.8. The molecule has 0 saturated heterocycles. The summed E-state index contributed by atoms with van der Waals surface area (Å²) in [6.45, 7) is -0.543. The van der Waals surface area contributed by atoms with Gasteiger partial charge in [-0.3, -0.25) is 20.4 Å². The fourth-order valence-corrected chi connectivity index (χ4v) is 4.05. The standard InChI is InChI=1S/C17H18ClN3O6S2/c1-21(29(26,27)15-9-5-13(18)6-10-15)11-16(22)19-20-17(23)12-3-7-14(8-4-12)28(2,24)25/h3-10H,11H2,1-2H3,(H,19,22)(H,20,23). The zero-order valence-electron chi connectivity index (χ0n) is 15.4. The summed E-state index contributed by atoms with van der Waals surface area (Å²) in [6.07, 6.45) is 1.04. The molecule has 0 bridgehead atoms. The number of carbonyl (C=O) groups is 2. The first kappa shape index (κ1) is 22.8. The molecule has 0 aliphatic heterocycles. The van der Waals surface area contributed by atoms with Gasteiger partial charge in [-0.25, -0.2) is 16.8 Å². The molecule has 0 radical (unpaired) electrons. The van der Waals surface area contributed by atoms with E-state index in [-0.39, 0.29) is 15.4 Å². The molecule has 156 valence electrons. The lowest BCUT2D eigenvalue weighted by atomic mass is 10.2. The number of amides is 2. The molecular formula is C17H18ClN3O6S2. The maximum absolute atomic E-state index is 12.4. The van der Waals surface area contributed by atoms with Crippen LogP contribution in [0.5, 0.6) is 0 Å². The number of hydrogen-bond acceptors (Lipinski definition) is 6. The van der Waals surface area contributed by atoms with Gasteiger partial charge in [-0.05, 0) is 48.5 Å². The predicted octanol–water partition coefficient (Wildman–Crippen LogP) is 0.825. The number of sulfone groups is 1. The fraction of sp³-hybridized carbons (Fsp3) is 0.176. The molecule has 0 unspecified atom stereocenters. The van der Waals surface area contributed by atoms with Gasteiger partial charge in [-0.15, -0.1) is 0 Å². The van der Waals surface area contributed by atoms with Crippen molar-refractivity contribution in [1.29, 1.82) is 0 Å². The third kappa shape index (κ3) is 6.00. The first-order valence-electron chi connectivity index (χ1n) is 8.02. The van der Waals surface area contributed by atoms with Crippen LogP contribution in [0.25, 0.3) is 0 Å². The van der Waals surface area contributed by atoms with E-state index in [0.29, 0.717) is 5.02 Å². The normalized spacial score (nSPS) is 11.9. The Morgan fingerprint density at radius 1 is 0.897 bits per heavy atom. The largest absolute Gasteiger partial charge is 0.272 e. The Hall–Kier alpha value is -2.47. The molecule has 2 N–H and O–H groups in total. The molecule has 0 fully saturated rings. The summed E-state index contributed by atoms with van der Waals surface area (Å²) in [6, 6.07) is 10.6. The van der Waals surface area contributed by atoms with Crippen molar-refractivity contribution in [3.8, 4) is 0 Å². The van der Waals surface area contributed by atoms with E-state index in [1.807, 2.05) is 0 Å². The topological polar surface area (TPSA) is 130 Å². The van der Waals surface area contributed by atoms with Crippen LogP contribution in [0.3, 0.4) is 0 Å². The van der Waals surface area contributed by atoms with Crippen LogP contribution in [-0.4, -0.2) is 52.8 Å². The van der Waals surface area contributed by atoms with Gasteiger partial charge < -0.3 is 0 Å². The molecule has 0 heterocycles. The molecule has 2 amide bonds. The lowest BCUT2D eigenvalue weighted by Crippen LogP contribution is -2.46. The molecule has 0 aromatic heterocycles. The lowest BCUT2D eigenvalue weighted by molar-refractivity contribution is -0.121. The number of likely N-dealkylation sites (N-methyl/N-ethyl adjacent to an activating group) is 1. The summed E-state index contributed by atoms with van der Waals surface area (Å²) in [7, 11) is -6.09. The van der Waals surface area contributed by atoms with Gasteiger partial charge in [-0.1, -0.05) is 11.6 Å². The van der Waals surface area contributed by atoms with Crippen LogP contribution < -0.4 is 10.9 Å². The summed E-state index contributed by atoms with van der Waals surface area (Å²) in [5.74, 6) is -1.47. The molecule has 0 aliphatic carbocycles. The van der Waals surface area contributed by atoms with Crippen molar-refractivity contribution in [3.63, 3.8) is 0 Å². The van der Waals surface area contributed by atoms with Crippen molar-refractivity contribution in [3.05, 3.63) is 59.1 Å². The minimum atomic E-state index is -3.92. The van der Waals surface area contributed by atoms with E-state index in [2.05, 4.69) is 10.9 Å². The van der Waals surface area contributed by atoms with Gasteiger partial charge in [-0.2, -0.15) is 4.31 Å². The quantitative estimate of drug-likeness (QED) is 0.615. The number of nitrogens with one attached hydrogen (secondary N) is 2. The van der Waals surface area contributed by atoms with E-state index in [9.17, 15) is 26.4 Å². The van der Waals surface area contributed by atoms with Crippen LogP contribution in [0.1, 0.15) is 10.4 Å². The summed E-state index contributed by atoms with van der Waals surface area (Å²) in [5, 5.41) is 0.372. The summed E-state index contributed by atoms with van der Waals surface area (Å²) < 4.78 is 48.5. The molecule has 2 rings (SSSR count). The third-order valence-corrected chi connectivity index (χ3v) is 6.95. The van der Waals surface area contributed by atoms with Gasteiger partial charge in [0.1, 0.15) is 0 Å². The number of hydrogen-bond donors (Lipinski definition) is 2. The Morgan fingerprint density at radius 2 is 1.41 bits per heavy atom. The van der Waals surface area contributed by atoms with E-state index < -0.39 is 38.2 Å². The number of rotatable bonds is 6. The number of hydrazine groups is 1. The SMILES string of the molecule is CN(CC(=O)NNC(=O)c1ccc(S(C)(=O)=O)cc1)S(=O)(=O)c1ccc(Cl)cc1. The highest BCUT2D eigenvalue weighted by atomic mass is 35.5. The van der Waals surface area contributed by atoms with E-state index in [0.717, 1.165) is 10.6 Å². The van der Waals surface area contributed by atoms with Gasteiger partial charge in [0.2, 0.25) is 10.0 Å². The van der Waals surface area contributed by atoms with E-state index in [1.54, 1.807) is 0 Å². The summed E-state index contributed by atoms with van der Waals surface area (Å²) in [4.78, 5) is 24.0. The predicted molar refractivity (Wildman–Crippen MR) is 106 cm³/mol. The number of nitrogens with zero attached hydrogens (tertiary/aromatic N) is 1. The van der Waals surface area contributed by atoms with Crippen molar-refractivity contribution in [2.45, 2.75) is 9.79 Å². The van der Waals surface area contributed by atoms with Crippen LogP contribution in [0.4, 0.5) is 0 Å². The highest BCUT2D eigenvalue weighted by molar-refractivity contribution is 7.90. The molecule has 2 aromatic carbocycles. The monoisotopic (exact) mass is 459 g/mol. The van der Waals surface area contributed by atoms with Crippen molar-refractivity contribution in [1.82, 2.24) is 15.2 Å². The highest BCUT2D eigenvalue weighted by Crippen LogP contribution is 2.17. The van der Waals surface area contributed by atoms with E-state index >= 15 is 0 Å². The number of carbonyl (C=O) groups excluding carboxylic acids is 2. The van der Waals surface area contributed by atoms with Crippen molar-refractivity contribution >= 4 is 43.3 Å². The second-order valence-corrected chi connectivity index (χ2v) is 10.5. The molecule has 12 heteroatoms. The first-order chi connectivity index (χ1) is 13.4. The first-order valence-corrected chi connectivity index (χ1v) is 11.7. The Kier molecular flexibility index (Phi) is 7.01. The average Bonchev–Trinajstić information content (AvgIpc) is 2.65. The molecule has 0 saturated carbocycles. The third-order valence-electron chi connectivity index (χ3n) is 3.75. The lowest BCUT2D eigenvalue weighted by Gasteiger charge is -2.17. The van der Waals surface area contributed by atoms with Crippen molar-refractivity contribution < 1.29 is 26.4 Å². The van der Waals surface area contributed by atoms with Gasteiger partial charge in [0.15, 0.2) is 9.84 Å². The maximum Gasteiger partial charge on any atom is 0.269 e. The average molecular weight is 460 g/mol. The van der Waals surface area contributed by atoms with Crippen molar-refractivity contribution in [2.24, 2.45) is 0 Å². The molecular weight excluding hydrogens is 442 g/mol. The Bertz CT molecular complexity index is 1110. The Balaban J connectivity index is 1.95. The molecule has 9 nitrogen and oxygen atoms in total. The van der Waals surface area contributed by atoms with Gasteiger partial charge in [0.05, 0.1) is 16.3 Å². The number of benzene rings is 2. The van der Waals surface area contributed by atoms with Crippen LogP contribution in [0, 0.1) is 0 Å². The van der Waals surface area contributed by atoms with Crippen LogP contribution >= 0.6 is 11.6 Å². The molecule has 29 heavy (non-hydrogen) atoms. The zero-order chi connectivity index (χ0) is 21.8. The Morgan fingerprint density at radius 3 is 1.93 bits per heavy atom. The molecule has 0 aliphatic rings. The second kappa shape index (κ2) is 8.91. The maximum atomic E-state index is 12.4. The number of sulfonamides is 1. The van der Waals surface area contributed by atoms with Gasteiger partial charge >= 0.3 is 0 Å². The highest BCUT2D eigenvalue weighted by Gasteiger charge is 2.23. The minimum absolute atomic E-state index is 0.0350. The van der Waals surface area contributed by atoms with Crippen molar-refractivity contribution in [2.75, 3.05) is 19.8 Å². The number of halogens is 1. The smallest absolute Gasteiger partial charge is 0.269 e.